The molecule has 0 aliphatic carbocycles. The highest BCUT2D eigenvalue weighted by Crippen LogP contribution is 2.10. The van der Waals surface area contributed by atoms with Crippen LogP contribution in [0.3, 0.4) is 0 Å². The molecular weight excluding hydrogens is 336 g/mol. The van der Waals surface area contributed by atoms with Crippen LogP contribution in [0.15, 0.2) is 54.6 Å². The van der Waals surface area contributed by atoms with E-state index in [1.807, 2.05) is 42.2 Å². The lowest BCUT2D eigenvalue weighted by Gasteiger charge is -2.21. The van der Waals surface area contributed by atoms with Crippen molar-refractivity contribution in [3.8, 4) is 0 Å². The Bertz CT molecular complexity index is 687. The van der Waals surface area contributed by atoms with Crippen LogP contribution < -0.4 is 5.32 Å². The number of carbonyl (C=O) groups is 2. The van der Waals surface area contributed by atoms with E-state index < -0.39 is 0 Å². The zero-order chi connectivity index (χ0) is 18.1. The van der Waals surface area contributed by atoms with Crippen LogP contribution in [0.1, 0.15) is 35.7 Å². The summed E-state index contributed by atoms with van der Waals surface area (Å²) >= 11 is 5.81. The first-order valence-electron chi connectivity index (χ1n) is 8.45. The Hall–Kier alpha value is -2.33. The standard InChI is InChI=1S/C20H23ClN2O2/c1-2-23(15-16-7-4-3-5-8-16)19(24)9-6-14-22-20(25)17-10-12-18(21)13-11-17/h3-5,7-8,10-13H,2,6,9,14-15H2,1H3,(H,22,25). The molecule has 0 aliphatic heterocycles. The average molecular weight is 359 g/mol. The molecule has 0 atom stereocenters. The fraction of sp³-hybridized carbons (Fsp3) is 0.300. The predicted molar refractivity (Wildman–Crippen MR) is 101 cm³/mol. The Balaban J connectivity index is 1.73. The van der Waals surface area contributed by atoms with Gasteiger partial charge in [0.25, 0.3) is 5.91 Å². The molecule has 1 N–H and O–H groups in total. The van der Waals surface area contributed by atoms with Gasteiger partial charge >= 0.3 is 0 Å². The van der Waals surface area contributed by atoms with Gasteiger partial charge in [-0.15, -0.1) is 0 Å². The Morgan fingerprint density at radius 1 is 1.04 bits per heavy atom. The molecule has 0 spiro atoms. The number of amides is 2. The number of hydrogen-bond donors (Lipinski definition) is 1. The maximum Gasteiger partial charge on any atom is 0.251 e. The fourth-order valence-electron chi connectivity index (χ4n) is 2.48. The predicted octanol–water partition coefficient (Wildman–Crippen LogP) is 3.90. The van der Waals surface area contributed by atoms with Crippen molar-refractivity contribution < 1.29 is 9.59 Å². The molecule has 2 amide bonds. The molecule has 0 unspecified atom stereocenters. The van der Waals surface area contributed by atoms with Gasteiger partial charge in [0, 0.05) is 36.6 Å². The zero-order valence-corrected chi connectivity index (χ0v) is 15.1. The second kappa shape index (κ2) is 9.84. The van der Waals surface area contributed by atoms with Gasteiger partial charge in [0.05, 0.1) is 0 Å². The van der Waals surface area contributed by atoms with Crippen LogP contribution in [0, 0.1) is 0 Å². The van der Waals surface area contributed by atoms with E-state index in [2.05, 4.69) is 5.32 Å². The van der Waals surface area contributed by atoms with Crippen molar-refractivity contribution in [2.24, 2.45) is 0 Å². The SMILES string of the molecule is CCN(Cc1ccccc1)C(=O)CCCNC(=O)c1ccc(Cl)cc1. The molecule has 4 nitrogen and oxygen atoms in total. The first-order chi connectivity index (χ1) is 12.1. The van der Waals surface area contributed by atoms with Gasteiger partial charge in [0.1, 0.15) is 0 Å². The summed E-state index contributed by atoms with van der Waals surface area (Å²) in [4.78, 5) is 26.1. The second-order valence-electron chi connectivity index (χ2n) is 5.76. The van der Waals surface area contributed by atoms with Gasteiger partial charge in [-0.05, 0) is 43.2 Å². The van der Waals surface area contributed by atoms with E-state index in [9.17, 15) is 9.59 Å². The molecule has 0 saturated carbocycles. The molecule has 0 bridgehead atoms. The van der Waals surface area contributed by atoms with Crippen LogP contribution in [0.25, 0.3) is 0 Å². The van der Waals surface area contributed by atoms with E-state index in [0.29, 0.717) is 43.1 Å². The van der Waals surface area contributed by atoms with E-state index in [-0.39, 0.29) is 11.8 Å². The van der Waals surface area contributed by atoms with Gasteiger partial charge in [-0.1, -0.05) is 41.9 Å². The largest absolute Gasteiger partial charge is 0.352 e. The van der Waals surface area contributed by atoms with E-state index in [1.54, 1.807) is 24.3 Å². The number of halogens is 1. The maximum atomic E-state index is 12.3. The Morgan fingerprint density at radius 3 is 2.36 bits per heavy atom. The van der Waals surface area contributed by atoms with E-state index in [0.717, 1.165) is 5.56 Å². The highest BCUT2D eigenvalue weighted by Gasteiger charge is 2.12. The third-order valence-electron chi connectivity index (χ3n) is 3.91. The van der Waals surface area contributed by atoms with Crippen molar-refractivity contribution >= 4 is 23.4 Å². The summed E-state index contributed by atoms with van der Waals surface area (Å²) in [7, 11) is 0. The molecule has 25 heavy (non-hydrogen) atoms. The van der Waals surface area contributed by atoms with Crippen LogP contribution in [-0.2, 0) is 11.3 Å². The minimum absolute atomic E-state index is 0.104. The van der Waals surface area contributed by atoms with Gasteiger partial charge in [0.15, 0.2) is 0 Å². The zero-order valence-electron chi connectivity index (χ0n) is 14.4. The number of carbonyl (C=O) groups excluding carboxylic acids is 2. The van der Waals surface area contributed by atoms with Gasteiger partial charge in [-0.2, -0.15) is 0 Å². The molecular formula is C20H23ClN2O2. The first-order valence-corrected chi connectivity index (χ1v) is 8.83. The Labute approximate surface area is 153 Å². The average Bonchev–Trinajstić information content (AvgIpc) is 2.64. The summed E-state index contributed by atoms with van der Waals surface area (Å²) in [6.45, 7) is 3.73. The number of hydrogen-bond acceptors (Lipinski definition) is 2. The molecule has 0 aliphatic rings. The van der Waals surface area contributed by atoms with E-state index in [4.69, 9.17) is 11.6 Å². The summed E-state index contributed by atoms with van der Waals surface area (Å²) in [6.07, 6.45) is 1.03. The number of nitrogens with one attached hydrogen (secondary N) is 1. The van der Waals surface area contributed by atoms with Crippen molar-refractivity contribution in [1.82, 2.24) is 10.2 Å². The van der Waals surface area contributed by atoms with Crippen molar-refractivity contribution in [2.75, 3.05) is 13.1 Å². The van der Waals surface area contributed by atoms with Gasteiger partial charge < -0.3 is 10.2 Å². The second-order valence-corrected chi connectivity index (χ2v) is 6.20. The summed E-state index contributed by atoms with van der Waals surface area (Å²) in [5.41, 5.74) is 1.68. The molecule has 2 rings (SSSR count). The Morgan fingerprint density at radius 2 is 1.72 bits per heavy atom. The highest BCUT2D eigenvalue weighted by molar-refractivity contribution is 6.30. The topological polar surface area (TPSA) is 49.4 Å². The van der Waals surface area contributed by atoms with E-state index >= 15 is 0 Å². The highest BCUT2D eigenvalue weighted by atomic mass is 35.5. The minimum atomic E-state index is -0.152. The molecule has 0 aromatic heterocycles. The molecule has 0 radical (unpaired) electrons. The quantitative estimate of drug-likeness (QED) is 0.727. The lowest BCUT2D eigenvalue weighted by molar-refractivity contribution is -0.131. The summed E-state index contributed by atoms with van der Waals surface area (Å²) in [6, 6.07) is 16.7. The van der Waals surface area contributed by atoms with Crippen LogP contribution >= 0.6 is 11.6 Å². The third-order valence-corrected chi connectivity index (χ3v) is 4.16. The van der Waals surface area contributed by atoms with Crippen molar-refractivity contribution in [2.45, 2.75) is 26.3 Å². The van der Waals surface area contributed by atoms with Crippen molar-refractivity contribution in [3.63, 3.8) is 0 Å². The molecule has 2 aromatic rings. The monoisotopic (exact) mass is 358 g/mol. The normalized spacial score (nSPS) is 10.3. The smallest absolute Gasteiger partial charge is 0.251 e. The van der Waals surface area contributed by atoms with Crippen molar-refractivity contribution in [3.05, 3.63) is 70.7 Å². The van der Waals surface area contributed by atoms with Gasteiger partial charge in [0.2, 0.25) is 5.91 Å². The molecule has 5 heteroatoms. The van der Waals surface area contributed by atoms with Crippen LogP contribution in [0.5, 0.6) is 0 Å². The number of nitrogens with zero attached hydrogens (tertiary/aromatic N) is 1. The number of rotatable bonds is 8. The Kier molecular flexibility index (Phi) is 7.48. The summed E-state index contributed by atoms with van der Waals surface area (Å²) in [5, 5.41) is 3.43. The fourth-order valence-corrected chi connectivity index (χ4v) is 2.61. The molecule has 0 heterocycles. The lowest BCUT2D eigenvalue weighted by atomic mass is 10.2. The van der Waals surface area contributed by atoms with E-state index in [1.165, 1.54) is 0 Å². The van der Waals surface area contributed by atoms with Crippen LogP contribution in [0.4, 0.5) is 0 Å². The van der Waals surface area contributed by atoms with Crippen molar-refractivity contribution in [1.29, 1.82) is 0 Å². The molecule has 0 fully saturated rings. The van der Waals surface area contributed by atoms with Crippen LogP contribution in [-0.4, -0.2) is 29.8 Å². The molecule has 0 saturated heterocycles. The molecule has 2 aromatic carbocycles. The summed E-state index contributed by atoms with van der Waals surface area (Å²) in [5.74, 6) is -0.0483. The summed E-state index contributed by atoms with van der Waals surface area (Å²) < 4.78 is 0. The number of benzene rings is 2. The van der Waals surface area contributed by atoms with Crippen LogP contribution in [0.2, 0.25) is 5.02 Å². The first kappa shape index (κ1) is 19.0. The third kappa shape index (κ3) is 6.24. The minimum Gasteiger partial charge on any atom is -0.352 e. The van der Waals surface area contributed by atoms with Gasteiger partial charge in [-0.25, -0.2) is 0 Å². The molecule has 132 valence electrons. The van der Waals surface area contributed by atoms with Gasteiger partial charge in [-0.3, -0.25) is 9.59 Å². The maximum absolute atomic E-state index is 12.3. The lowest BCUT2D eigenvalue weighted by Crippen LogP contribution is -2.31.